The number of rotatable bonds is 5. The van der Waals surface area contributed by atoms with Gasteiger partial charge in [0.05, 0.1) is 11.8 Å². The first-order valence-electron chi connectivity index (χ1n) is 6.80. The standard InChI is InChI=1S/C15H21N3O/c1-4-12-9-13(18(5-2)17-12)10-15(19)14-7-6-8-16-11(14)3/h6-9,15,19H,4-5,10H2,1-3H3. The summed E-state index contributed by atoms with van der Waals surface area (Å²) in [6, 6.07) is 5.87. The minimum atomic E-state index is -0.527. The highest BCUT2D eigenvalue weighted by Gasteiger charge is 2.15. The van der Waals surface area contributed by atoms with Gasteiger partial charge in [-0.2, -0.15) is 5.10 Å². The zero-order chi connectivity index (χ0) is 13.8. The zero-order valence-corrected chi connectivity index (χ0v) is 11.8. The van der Waals surface area contributed by atoms with Gasteiger partial charge in [-0.1, -0.05) is 13.0 Å². The minimum absolute atomic E-state index is 0.527. The van der Waals surface area contributed by atoms with Crippen LogP contribution in [-0.2, 0) is 19.4 Å². The molecule has 1 N–H and O–H groups in total. The van der Waals surface area contributed by atoms with Gasteiger partial charge >= 0.3 is 0 Å². The molecule has 0 saturated carbocycles. The maximum Gasteiger partial charge on any atom is 0.0862 e. The summed E-state index contributed by atoms with van der Waals surface area (Å²) < 4.78 is 1.97. The third-order valence-corrected chi connectivity index (χ3v) is 3.38. The zero-order valence-electron chi connectivity index (χ0n) is 11.8. The van der Waals surface area contributed by atoms with Crippen LogP contribution < -0.4 is 0 Å². The summed E-state index contributed by atoms with van der Waals surface area (Å²) in [5.74, 6) is 0. The van der Waals surface area contributed by atoms with Crippen molar-refractivity contribution in [3.05, 3.63) is 47.0 Å². The molecule has 102 valence electrons. The Hall–Kier alpha value is -1.68. The summed E-state index contributed by atoms with van der Waals surface area (Å²) in [6.07, 6.45) is 2.72. The summed E-state index contributed by atoms with van der Waals surface area (Å²) >= 11 is 0. The Morgan fingerprint density at radius 3 is 2.79 bits per heavy atom. The first-order chi connectivity index (χ1) is 9.15. The van der Waals surface area contributed by atoms with Crippen LogP contribution >= 0.6 is 0 Å². The van der Waals surface area contributed by atoms with Crippen molar-refractivity contribution < 1.29 is 5.11 Å². The molecule has 2 aromatic heterocycles. The molecule has 19 heavy (non-hydrogen) atoms. The molecule has 0 aliphatic carbocycles. The van der Waals surface area contributed by atoms with Gasteiger partial charge in [0.2, 0.25) is 0 Å². The van der Waals surface area contributed by atoms with Gasteiger partial charge in [0.25, 0.3) is 0 Å². The number of aliphatic hydroxyl groups is 1. The number of aliphatic hydroxyl groups excluding tert-OH is 1. The Labute approximate surface area is 114 Å². The maximum atomic E-state index is 10.4. The van der Waals surface area contributed by atoms with Crippen LogP contribution in [0.25, 0.3) is 0 Å². The lowest BCUT2D eigenvalue weighted by molar-refractivity contribution is 0.174. The largest absolute Gasteiger partial charge is 0.388 e. The lowest BCUT2D eigenvalue weighted by Gasteiger charge is -2.13. The molecule has 4 nitrogen and oxygen atoms in total. The number of aryl methyl sites for hydroxylation is 3. The van der Waals surface area contributed by atoms with Crippen LogP contribution in [0, 0.1) is 6.92 Å². The molecular weight excluding hydrogens is 238 g/mol. The average Bonchev–Trinajstić information content (AvgIpc) is 2.81. The molecule has 0 radical (unpaired) electrons. The Morgan fingerprint density at radius 1 is 1.37 bits per heavy atom. The number of aromatic nitrogens is 3. The third-order valence-electron chi connectivity index (χ3n) is 3.38. The Morgan fingerprint density at radius 2 is 2.16 bits per heavy atom. The van der Waals surface area contributed by atoms with E-state index in [0.717, 1.165) is 35.6 Å². The fourth-order valence-electron chi connectivity index (χ4n) is 2.28. The average molecular weight is 259 g/mol. The van der Waals surface area contributed by atoms with E-state index in [9.17, 15) is 5.11 Å². The van der Waals surface area contributed by atoms with Crippen molar-refractivity contribution in [1.29, 1.82) is 0 Å². The van der Waals surface area contributed by atoms with Crippen molar-refractivity contribution in [2.75, 3.05) is 0 Å². The first kappa shape index (κ1) is 13.7. The maximum absolute atomic E-state index is 10.4. The predicted octanol–water partition coefficient (Wildman–Crippen LogP) is 2.44. The van der Waals surface area contributed by atoms with E-state index in [4.69, 9.17) is 0 Å². The second kappa shape index (κ2) is 5.97. The molecule has 0 aliphatic heterocycles. The summed E-state index contributed by atoms with van der Waals surface area (Å²) in [7, 11) is 0. The van der Waals surface area contributed by atoms with Gasteiger partial charge in [-0.05, 0) is 32.4 Å². The van der Waals surface area contributed by atoms with Crippen molar-refractivity contribution in [3.8, 4) is 0 Å². The van der Waals surface area contributed by atoms with Gasteiger partial charge in [-0.25, -0.2) is 0 Å². The van der Waals surface area contributed by atoms with E-state index in [2.05, 4.69) is 30.0 Å². The molecule has 0 fully saturated rings. The SMILES string of the molecule is CCc1cc(CC(O)c2cccnc2C)n(CC)n1. The monoisotopic (exact) mass is 259 g/mol. The van der Waals surface area contributed by atoms with E-state index in [1.54, 1.807) is 6.20 Å². The fraction of sp³-hybridized carbons (Fsp3) is 0.467. The van der Waals surface area contributed by atoms with Crippen molar-refractivity contribution >= 4 is 0 Å². The molecule has 2 aromatic rings. The van der Waals surface area contributed by atoms with E-state index in [1.807, 2.05) is 23.7 Å². The molecule has 0 spiro atoms. The van der Waals surface area contributed by atoms with Gasteiger partial charge in [-0.15, -0.1) is 0 Å². The van der Waals surface area contributed by atoms with Crippen LogP contribution in [0.4, 0.5) is 0 Å². The van der Waals surface area contributed by atoms with Crippen molar-refractivity contribution in [2.45, 2.75) is 46.3 Å². The summed E-state index contributed by atoms with van der Waals surface area (Å²) in [6.45, 7) is 6.91. The van der Waals surface area contributed by atoms with Gasteiger partial charge in [0, 0.05) is 36.1 Å². The van der Waals surface area contributed by atoms with Crippen molar-refractivity contribution in [1.82, 2.24) is 14.8 Å². The van der Waals surface area contributed by atoms with E-state index in [1.165, 1.54) is 0 Å². The van der Waals surface area contributed by atoms with Gasteiger partial charge in [0.15, 0.2) is 0 Å². The molecule has 0 amide bonds. The second-order valence-corrected chi connectivity index (χ2v) is 4.69. The Balaban J connectivity index is 2.21. The second-order valence-electron chi connectivity index (χ2n) is 4.69. The lowest BCUT2D eigenvalue weighted by atomic mass is 10.0. The number of nitrogens with zero attached hydrogens (tertiary/aromatic N) is 3. The normalized spacial score (nSPS) is 12.6. The molecule has 2 heterocycles. The smallest absolute Gasteiger partial charge is 0.0862 e. The quantitative estimate of drug-likeness (QED) is 0.897. The molecule has 0 saturated heterocycles. The number of pyridine rings is 1. The van der Waals surface area contributed by atoms with Gasteiger partial charge in [0.1, 0.15) is 0 Å². The highest BCUT2D eigenvalue weighted by molar-refractivity contribution is 5.23. The highest BCUT2D eigenvalue weighted by Crippen LogP contribution is 2.21. The predicted molar refractivity (Wildman–Crippen MR) is 74.9 cm³/mol. The topological polar surface area (TPSA) is 50.9 Å². The molecular formula is C15H21N3O. The van der Waals surface area contributed by atoms with Crippen LogP contribution in [0.1, 0.15) is 42.6 Å². The summed E-state index contributed by atoms with van der Waals surface area (Å²) in [4.78, 5) is 4.22. The highest BCUT2D eigenvalue weighted by atomic mass is 16.3. The van der Waals surface area contributed by atoms with Crippen LogP contribution in [-0.4, -0.2) is 19.9 Å². The molecule has 4 heteroatoms. The minimum Gasteiger partial charge on any atom is -0.388 e. The van der Waals surface area contributed by atoms with Crippen molar-refractivity contribution in [2.24, 2.45) is 0 Å². The molecule has 1 atom stereocenters. The Bertz CT molecular complexity index is 548. The molecule has 2 rings (SSSR count). The van der Waals surface area contributed by atoms with E-state index >= 15 is 0 Å². The molecule has 0 aromatic carbocycles. The summed E-state index contributed by atoms with van der Waals surface area (Å²) in [5.41, 5.74) is 3.93. The fourth-order valence-corrected chi connectivity index (χ4v) is 2.28. The van der Waals surface area contributed by atoms with Crippen LogP contribution in [0.5, 0.6) is 0 Å². The van der Waals surface area contributed by atoms with E-state index in [0.29, 0.717) is 6.42 Å². The van der Waals surface area contributed by atoms with E-state index < -0.39 is 6.10 Å². The first-order valence-corrected chi connectivity index (χ1v) is 6.80. The Kier molecular flexibility index (Phi) is 4.32. The van der Waals surface area contributed by atoms with Crippen LogP contribution in [0.15, 0.2) is 24.4 Å². The van der Waals surface area contributed by atoms with Gasteiger partial charge < -0.3 is 5.11 Å². The molecule has 1 unspecified atom stereocenters. The molecule has 0 aliphatic rings. The lowest BCUT2D eigenvalue weighted by Crippen LogP contribution is -2.09. The van der Waals surface area contributed by atoms with Crippen LogP contribution in [0.2, 0.25) is 0 Å². The third kappa shape index (κ3) is 3.01. The summed E-state index contributed by atoms with van der Waals surface area (Å²) in [5, 5.41) is 14.9. The molecule has 0 bridgehead atoms. The van der Waals surface area contributed by atoms with Gasteiger partial charge in [-0.3, -0.25) is 9.67 Å². The number of hydrogen-bond donors (Lipinski definition) is 1. The van der Waals surface area contributed by atoms with E-state index in [-0.39, 0.29) is 0 Å². The van der Waals surface area contributed by atoms with Crippen molar-refractivity contribution in [3.63, 3.8) is 0 Å². The van der Waals surface area contributed by atoms with Crippen LogP contribution in [0.3, 0.4) is 0 Å². The number of hydrogen-bond acceptors (Lipinski definition) is 3.